The molecule has 0 saturated heterocycles. The van der Waals surface area contributed by atoms with Crippen molar-refractivity contribution in [2.75, 3.05) is 61.2 Å². The summed E-state index contributed by atoms with van der Waals surface area (Å²) in [5.74, 6) is 2.41. The minimum atomic E-state index is -0.0382. The summed E-state index contributed by atoms with van der Waals surface area (Å²) in [4.78, 5) is 17.8. The van der Waals surface area contributed by atoms with Crippen molar-refractivity contribution in [1.82, 2.24) is 15.5 Å². The quantitative estimate of drug-likeness (QED) is 0.287. The number of guanidine groups is 1. The lowest BCUT2D eigenvalue weighted by molar-refractivity contribution is -0.127. The van der Waals surface area contributed by atoms with E-state index < -0.39 is 0 Å². The number of carbonyl (C=O) groups excluding carboxylic acids is 1. The molecule has 0 saturated carbocycles. The summed E-state index contributed by atoms with van der Waals surface area (Å²) < 4.78 is 16.1. The van der Waals surface area contributed by atoms with Gasteiger partial charge in [0.25, 0.3) is 0 Å². The van der Waals surface area contributed by atoms with Gasteiger partial charge in [-0.05, 0) is 43.4 Å². The van der Waals surface area contributed by atoms with Crippen LogP contribution in [0, 0.1) is 5.92 Å². The Morgan fingerprint density at radius 2 is 1.90 bits per heavy atom. The van der Waals surface area contributed by atoms with Gasteiger partial charge in [0.2, 0.25) is 5.91 Å². The summed E-state index contributed by atoms with van der Waals surface area (Å²) in [7, 11) is 6.73. The average Bonchev–Trinajstić information content (AvgIpc) is 2.74. The number of nitrogens with one attached hydrogen (secondary N) is 2. The van der Waals surface area contributed by atoms with E-state index >= 15 is 0 Å². The predicted molar refractivity (Wildman–Crippen MR) is 121 cm³/mol. The van der Waals surface area contributed by atoms with Crippen LogP contribution in [0.3, 0.4) is 0 Å². The van der Waals surface area contributed by atoms with Gasteiger partial charge in [0.1, 0.15) is 6.54 Å². The first-order chi connectivity index (χ1) is 14.4. The zero-order valence-corrected chi connectivity index (χ0v) is 19.3. The number of aliphatic imine (C=N–C) groups is 1. The van der Waals surface area contributed by atoms with E-state index in [0.29, 0.717) is 25.1 Å². The molecule has 1 rings (SSSR count). The first-order valence-corrected chi connectivity index (χ1v) is 10.4. The molecule has 0 bridgehead atoms. The van der Waals surface area contributed by atoms with E-state index in [9.17, 15) is 4.79 Å². The molecule has 1 atom stereocenters. The number of nitrogens with zero attached hydrogens (tertiary/aromatic N) is 2. The van der Waals surface area contributed by atoms with Crippen molar-refractivity contribution in [3.8, 4) is 11.5 Å². The Bertz CT molecular complexity index is 665. The van der Waals surface area contributed by atoms with Crippen molar-refractivity contribution >= 4 is 11.9 Å². The third-order valence-corrected chi connectivity index (χ3v) is 4.48. The molecule has 1 unspecified atom stereocenters. The summed E-state index contributed by atoms with van der Waals surface area (Å²) in [6.45, 7) is 7.12. The fraction of sp³-hybridized carbons (Fsp3) is 0.636. The highest BCUT2D eigenvalue weighted by Crippen LogP contribution is 2.28. The van der Waals surface area contributed by atoms with Crippen molar-refractivity contribution in [3.05, 3.63) is 23.8 Å². The average molecular weight is 423 g/mol. The normalized spacial score (nSPS) is 12.3. The van der Waals surface area contributed by atoms with Crippen molar-refractivity contribution in [3.63, 3.8) is 0 Å². The maximum Gasteiger partial charge on any atom is 0.243 e. The van der Waals surface area contributed by atoms with E-state index in [1.807, 2.05) is 19.1 Å². The molecule has 0 aromatic heterocycles. The molecule has 2 N–H and O–H groups in total. The van der Waals surface area contributed by atoms with Crippen molar-refractivity contribution in [1.29, 1.82) is 0 Å². The summed E-state index contributed by atoms with van der Waals surface area (Å²) in [5.41, 5.74) is 1.17. The van der Waals surface area contributed by atoms with E-state index in [0.717, 1.165) is 37.4 Å². The molecule has 0 aliphatic heterocycles. The third-order valence-electron chi connectivity index (χ3n) is 4.48. The van der Waals surface area contributed by atoms with Gasteiger partial charge in [0.15, 0.2) is 17.5 Å². The van der Waals surface area contributed by atoms with Crippen molar-refractivity contribution < 1.29 is 19.0 Å². The van der Waals surface area contributed by atoms with Gasteiger partial charge < -0.3 is 29.7 Å². The van der Waals surface area contributed by atoms with Crippen LogP contribution < -0.4 is 20.1 Å². The van der Waals surface area contributed by atoms with Crippen LogP contribution in [-0.4, -0.2) is 77.9 Å². The van der Waals surface area contributed by atoms with Crippen LogP contribution in [-0.2, 0) is 16.0 Å². The lowest BCUT2D eigenvalue weighted by Gasteiger charge is -2.18. The molecule has 0 spiro atoms. The second kappa shape index (κ2) is 14.5. The minimum Gasteiger partial charge on any atom is -0.493 e. The van der Waals surface area contributed by atoms with Gasteiger partial charge in [0, 0.05) is 40.4 Å². The van der Waals surface area contributed by atoms with Gasteiger partial charge in [-0.2, -0.15) is 0 Å². The van der Waals surface area contributed by atoms with Crippen LogP contribution in [0.5, 0.6) is 11.5 Å². The summed E-state index contributed by atoms with van der Waals surface area (Å²) in [6.07, 6.45) is 1.75. The van der Waals surface area contributed by atoms with Crippen molar-refractivity contribution in [2.45, 2.75) is 26.7 Å². The van der Waals surface area contributed by atoms with E-state index in [1.54, 1.807) is 28.3 Å². The van der Waals surface area contributed by atoms with E-state index in [1.165, 1.54) is 10.5 Å². The van der Waals surface area contributed by atoms with Crippen molar-refractivity contribution in [2.24, 2.45) is 10.9 Å². The molecule has 170 valence electrons. The zero-order chi connectivity index (χ0) is 22.4. The maximum atomic E-state index is 11.9. The first kappa shape index (κ1) is 25.6. The van der Waals surface area contributed by atoms with Gasteiger partial charge in [-0.1, -0.05) is 13.0 Å². The Kier molecular flexibility index (Phi) is 12.3. The monoisotopic (exact) mass is 422 g/mol. The molecular formula is C22H38N4O4. The summed E-state index contributed by atoms with van der Waals surface area (Å²) in [5, 5.41) is 6.62. The highest BCUT2D eigenvalue weighted by molar-refractivity contribution is 5.84. The van der Waals surface area contributed by atoms with E-state index in [4.69, 9.17) is 14.2 Å². The number of likely N-dealkylation sites (N-methyl/N-ethyl adjacent to an activating group) is 1. The number of amides is 1. The largest absolute Gasteiger partial charge is 0.493 e. The lowest BCUT2D eigenvalue weighted by atomic mass is 10.0. The molecule has 1 aromatic carbocycles. The Morgan fingerprint density at radius 1 is 1.17 bits per heavy atom. The highest BCUT2D eigenvalue weighted by atomic mass is 16.5. The maximum absolute atomic E-state index is 11.9. The SMILES string of the molecule is CCOCCCNC(=NCC(=O)N(C)C)NCC(C)Cc1ccc(OC)c(OC)c1. The number of carbonyl (C=O) groups is 1. The predicted octanol–water partition coefficient (Wildman–Crippen LogP) is 1.93. The molecule has 0 aliphatic carbocycles. The molecule has 0 radical (unpaired) electrons. The fourth-order valence-corrected chi connectivity index (χ4v) is 2.74. The molecular weight excluding hydrogens is 384 g/mol. The smallest absolute Gasteiger partial charge is 0.243 e. The Morgan fingerprint density at radius 3 is 2.53 bits per heavy atom. The second-order valence-corrected chi connectivity index (χ2v) is 7.31. The number of hydrogen-bond donors (Lipinski definition) is 2. The topological polar surface area (TPSA) is 84.4 Å². The van der Waals surface area contributed by atoms with E-state index in [-0.39, 0.29) is 12.5 Å². The second-order valence-electron chi connectivity index (χ2n) is 7.31. The molecule has 0 aliphatic rings. The van der Waals surface area contributed by atoms with E-state index in [2.05, 4.69) is 28.6 Å². The molecule has 1 amide bonds. The lowest BCUT2D eigenvalue weighted by Crippen LogP contribution is -2.41. The molecule has 8 nitrogen and oxygen atoms in total. The number of rotatable bonds is 13. The Labute approximate surface area is 181 Å². The molecule has 0 heterocycles. The standard InChI is InChI=1S/C22H38N4O4/c1-7-30-12-8-11-23-22(25-16-21(27)26(3)4)24-15-17(2)13-18-9-10-19(28-5)20(14-18)29-6/h9-10,14,17H,7-8,11-13,15-16H2,1-6H3,(H2,23,24,25). The van der Waals surface area contributed by atoms with Gasteiger partial charge >= 0.3 is 0 Å². The Hall–Kier alpha value is -2.48. The van der Waals surface area contributed by atoms with Crippen LogP contribution in [0.4, 0.5) is 0 Å². The van der Waals surface area contributed by atoms with Crippen LogP contribution in [0.25, 0.3) is 0 Å². The minimum absolute atomic E-state index is 0.0382. The number of hydrogen-bond acceptors (Lipinski definition) is 5. The number of benzene rings is 1. The molecule has 8 heteroatoms. The van der Waals surface area contributed by atoms with Crippen LogP contribution in [0.1, 0.15) is 25.8 Å². The van der Waals surface area contributed by atoms with Gasteiger partial charge in [-0.15, -0.1) is 0 Å². The third kappa shape index (κ3) is 9.82. The Balaban J connectivity index is 2.62. The molecule has 0 fully saturated rings. The zero-order valence-electron chi connectivity index (χ0n) is 19.3. The number of ether oxygens (including phenoxy) is 3. The summed E-state index contributed by atoms with van der Waals surface area (Å²) in [6, 6.07) is 5.98. The van der Waals surface area contributed by atoms with Gasteiger partial charge in [-0.3, -0.25) is 4.79 Å². The van der Waals surface area contributed by atoms with Gasteiger partial charge in [-0.25, -0.2) is 4.99 Å². The molecule has 30 heavy (non-hydrogen) atoms. The highest BCUT2D eigenvalue weighted by Gasteiger charge is 2.10. The van der Waals surface area contributed by atoms with Gasteiger partial charge in [0.05, 0.1) is 14.2 Å². The molecule has 1 aromatic rings. The first-order valence-electron chi connectivity index (χ1n) is 10.4. The number of methoxy groups -OCH3 is 2. The summed E-state index contributed by atoms with van der Waals surface area (Å²) >= 11 is 0. The van der Waals surface area contributed by atoms with Crippen LogP contribution in [0.15, 0.2) is 23.2 Å². The fourth-order valence-electron chi connectivity index (χ4n) is 2.74. The van der Waals surface area contributed by atoms with Crippen LogP contribution in [0.2, 0.25) is 0 Å². The van der Waals surface area contributed by atoms with Crippen LogP contribution >= 0.6 is 0 Å².